The van der Waals surface area contributed by atoms with E-state index in [0.29, 0.717) is 23.6 Å². The van der Waals surface area contributed by atoms with Crippen LogP contribution in [0.2, 0.25) is 0 Å². The molecule has 0 fully saturated rings. The Hall–Kier alpha value is -18.5. The number of rotatable bonds is 12. The molecule has 0 spiro atoms. The first-order valence-electron chi connectivity index (χ1n) is 45.2. The summed E-state index contributed by atoms with van der Waals surface area (Å²) in [6.45, 7) is 0. The van der Waals surface area contributed by atoms with Gasteiger partial charge in [0.15, 0.2) is 22.3 Å². The van der Waals surface area contributed by atoms with Crippen molar-refractivity contribution in [2.24, 2.45) is 0 Å². The second-order valence-corrected chi connectivity index (χ2v) is 33.6. The molecule has 8 aromatic heterocycles. The maximum absolute atomic E-state index is 6.35. The lowest BCUT2D eigenvalue weighted by molar-refractivity contribution is 0.619. The number of fused-ring (bicyclic) bond motifs is 16. The van der Waals surface area contributed by atoms with E-state index in [2.05, 4.69) is 312 Å². The van der Waals surface area contributed by atoms with E-state index >= 15 is 0 Å². The van der Waals surface area contributed by atoms with Crippen LogP contribution in [0.1, 0.15) is 0 Å². The molecule has 0 aliphatic carbocycles. The van der Waals surface area contributed by atoms with Gasteiger partial charge in [-0.05, 0) is 194 Å². The van der Waals surface area contributed by atoms with Crippen molar-refractivity contribution >= 4 is 132 Å². The summed E-state index contributed by atoms with van der Waals surface area (Å²) in [5.41, 5.74) is 35.6. The zero-order chi connectivity index (χ0) is 89.9. The van der Waals surface area contributed by atoms with Crippen LogP contribution in [0.25, 0.3) is 267 Å². The highest BCUT2D eigenvalue weighted by atomic mass is 16.4. The Bertz CT molecular complexity index is 9290. The molecule has 0 radical (unpaired) electrons. The predicted molar refractivity (Wildman–Crippen MR) is 550 cm³/mol. The molecule has 0 bridgehead atoms. The zero-order valence-electron chi connectivity index (χ0n) is 72.9. The van der Waals surface area contributed by atoms with Crippen molar-refractivity contribution in [3.63, 3.8) is 0 Å². The fraction of sp³-hybridized carbons (Fsp3) is 0. The van der Waals surface area contributed by atoms with Gasteiger partial charge in [0.05, 0.1) is 0 Å². The molecule has 0 saturated heterocycles. The zero-order valence-corrected chi connectivity index (χ0v) is 72.9. The van der Waals surface area contributed by atoms with Gasteiger partial charge in [0, 0.05) is 87.6 Å². The molecule has 136 heavy (non-hydrogen) atoms. The highest BCUT2D eigenvalue weighted by Crippen LogP contribution is 2.47. The van der Waals surface area contributed by atoms with E-state index in [-0.39, 0.29) is 0 Å². The van der Waals surface area contributed by atoms with Gasteiger partial charge in [0.1, 0.15) is 66.7 Å². The number of oxazole rings is 4. The van der Waals surface area contributed by atoms with Gasteiger partial charge in [-0.2, -0.15) is 0 Å². The van der Waals surface area contributed by atoms with Gasteiger partial charge in [-0.1, -0.05) is 334 Å². The average Bonchev–Trinajstić information content (AvgIpc) is 1.61. The largest absolute Gasteiger partial charge is 0.455 e. The summed E-state index contributed by atoms with van der Waals surface area (Å²) in [5.74, 6) is 2.52. The highest BCUT2D eigenvalue weighted by molar-refractivity contribution is 6.14. The van der Waals surface area contributed by atoms with Crippen LogP contribution in [-0.2, 0) is 0 Å². The fourth-order valence-electron chi connectivity index (χ4n) is 18.8. The lowest BCUT2D eigenvalue weighted by Crippen LogP contribution is -1.89. The molecule has 0 saturated carbocycles. The van der Waals surface area contributed by atoms with Crippen molar-refractivity contribution in [2.75, 3.05) is 0 Å². The van der Waals surface area contributed by atoms with Gasteiger partial charge in [0.25, 0.3) is 0 Å². The molecular formula is C124H76N4O8. The SMILES string of the molecule is c1cc(-c2ccc(-c3nc4ccccc4o3)cc2)cc(-c2cccc3c2oc2ccccc23)c1.c1cc(-c2cccc(-c3cccc4c3oc3ccccc34)c2)cc(-c2nc3ccccc3o2)c1.c1ccc(-c2cccc3c2oc2ccccc23)c(-c2ccc(-c3nc4ccccc4o3)cc2)c1.c1ccc(-c2ccccc2-c2cccc3c2oc2ccccc23)c(-c2nc3ccccc3o2)c1. The Morgan fingerprint density at radius 3 is 0.735 bits per heavy atom. The molecule has 12 heteroatoms. The minimum atomic E-state index is 0.619. The second-order valence-electron chi connectivity index (χ2n) is 33.6. The lowest BCUT2D eigenvalue weighted by Gasteiger charge is -2.13. The Balaban J connectivity index is 0.0000000965. The molecule has 28 rings (SSSR count). The fourth-order valence-corrected chi connectivity index (χ4v) is 18.8. The smallest absolute Gasteiger partial charge is 0.227 e. The standard InChI is InChI=1S/4C31H19NO2/c1-3-16-28-25(12-1)26-14-7-13-24(30(26)33-28)22-10-5-8-20(18-22)21-9-6-11-23(19-21)31-32-27-15-2-4-17-29(27)34-31;1-3-13-28-25(9-1)26-11-6-10-24(30(26)33-28)23-8-5-7-22(19-23)20-15-17-21(18-16-20)31-32-27-12-2-4-14-29(27)34-31;1-2-9-23(25-11-7-12-26-24-10-3-5-14-28(24)33-30(25)26)22(8-1)20-16-18-21(19-17-20)31-32-27-13-4-6-15-29(27)34-31;1-2-11-21(24-15-9-16-25-23-13-5-7-18-28(23)33-30(24)25)20(10-1)22-12-3-4-14-26(22)31-32-27-17-6-8-19-29(27)34-31/h4*1-19H. The second kappa shape index (κ2) is 34.1. The number of hydrogen-bond donors (Lipinski definition) is 0. The number of hydrogen-bond acceptors (Lipinski definition) is 12. The van der Waals surface area contributed by atoms with E-state index in [1.54, 1.807) is 0 Å². The Kier molecular flexibility index (Phi) is 20.0. The normalized spacial score (nSPS) is 11.5. The lowest BCUT2D eigenvalue weighted by atomic mass is 9.91. The minimum Gasteiger partial charge on any atom is -0.455 e. The number of aromatic nitrogens is 4. The quantitative estimate of drug-likeness (QED) is 0.114. The number of furan rings is 4. The Labute approximate surface area is 778 Å². The monoisotopic (exact) mass is 1750 g/mol. The first-order chi connectivity index (χ1) is 67.4. The van der Waals surface area contributed by atoms with Crippen LogP contribution in [0, 0.1) is 0 Å². The Morgan fingerprint density at radius 1 is 0.118 bits per heavy atom. The first-order valence-corrected chi connectivity index (χ1v) is 45.2. The summed E-state index contributed by atoms with van der Waals surface area (Å²) in [7, 11) is 0. The van der Waals surface area contributed by atoms with Crippen LogP contribution >= 0.6 is 0 Å². The summed E-state index contributed by atoms with van der Waals surface area (Å²) in [5, 5.41) is 9.08. The van der Waals surface area contributed by atoms with Gasteiger partial charge in [-0.3, -0.25) is 0 Å². The molecule has 0 aliphatic rings. The molecular weight excluding hydrogens is 1670 g/mol. The molecule has 12 nitrogen and oxygen atoms in total. The van der Waals surface area contributed by atoms with E-state index in [4.69, 9.17) is 40.3 Å². The van der Waals surface area contributed by atoms with E-state index in [1.165, 1.54) is 0 Å². The van der Waals surface area contributed by atoms with Crippen LogP contribution in [0.3, 0.4) is 0 Å². The molecule has 0 aliphatic heterocycles. The summed E-state index contributed by atoms with van der Waals surface area (Å²) in [4.78, 5) is 18.7. The third kappa shape index (κ3) is 14.7. The van der Waals surface area contributed by atoms with Crippen molar-refractivity contribution in [1.82, 2.24) is 19.9 Å². The number of nitrogens with zero attached hydrogens (tertiary/aromatic N) is 4. The van der Waals surface area contributed by atoms with Crippen LogP contribution in [0.5, 0.6) is 0 Å². The minimum absolute atomic E-state index is 0.619. The van der Waals surface area contributed by atoms with Crippen molar-refractivity contribution in [2.45, 2.75) is 0 Å². The summed E-state index contributed by atoms with van der Waals surface area (Å²) in [6, 6.07) is 157. The third-order valence-electron chi connectivity index (χ3n) is 25.4. The molecule has 0 unspecified atom stereocenters. The number of benzene rings is 20. The van der Waals surface area contributed by atoms with E-state index in [0.717, 1.165) is 243 Å². The summed E-state index contributed by atoms with van der Waals surface area (Å²) >= 11 is 0. The van der Waals surface area contributed by atoms with Crippen molar-refractivity contribution < 1.29 is 35.3 Å². The van der Waals surface area contributed by atoms with Crippen LogP contribution in [0.4, 0.5) is 0 Å². The van der Waals surface area contributed by atoms with Crippen molar-refractivity contribution in [1.29, 1.82) is 0 Å². The Morgan fingerprint density at radius 2 is 0.346 bits per heavy atom. The molecule has 8 heterocycles. The molecule has 640 valence electrons. The van der Waals surface area contributed by atoms with E-state index in [1.807, 2.05) is 164 Å². The molecule has 20 aromatic carbocycles. The first kappa shape index (κ1) is 79.6. The summed E-state index contributed by atoms with van der Waals surface area (Å²) < 4.78 is 49.2. The maximum atomic E-state index is 6.35. The highest BCUT2D eigenvalue weighted by Gasteiger charge is 2.24. The van der Waals surface area contributed by atoms with E-state index in [9.17, 15) is 0 Å². The molecule has 0 N–H and O–H groups in total. The molecule has 0 atom stereocenters. The predicted octanol–water partition coefficient (Wildman–Crippen LogP) is 34.9. The van der Waals surface area contributed by atoms with Gasteiger partial charge in [0.2, 0.25) is 23.6 Å². The van der Waals surface area contributed by atoms with Crippen LogP contribution < -0.4 is 0 Å². The van der Waals surface area contributed by atoms with Gasteiger partial charge >= 0.3 is 0 Å². The average molecular weight is 1750 g/mol. The maximum Gasteiger partial charge on any atom is 0.227 e. The number of para-hydroxylation sites is 16. The van der Waals surface area contributed by atoms with Gasteiger partial charge in [-0.25, -0.2) is 19.9 Å². The van der Waals surface area contributed by atoms with Gasteiger partial charge < -0.3 is 35.3 Å². The molecule has 0 amide bonds. The summed E-state index contributed by atoms with van der Waals surface area (Å²) in [6.07, 6.45) is 0. The van der Waals surface area contributed by atoms with Crippen LogP contribution in [0.15, 0.2) is 496 Å². The van der Waals surface area contributed by atoms with Crippen molar-refractivity contribution in [3.05, 3.63) is 461 Å². The van der Waals surface area contributed by atoms with Crippen LogP contribution in [-0.4, -0.2) is 19.9 Å². The van der Waals surface area contributed by atoms with Crippen molar-refractivity contribution in [3.8, 4) is 135 Å². The van der Waals surface area contributed by atoms with E-state index < -0.39 is 0 Å². The molecule has 28 aromatic rings. The van der Waals surface area contributed by atoms with Gasteiger partial charge in [-0.15, -0.1) is 0 Å². The topological polar surface area (TPSA) is 157 Å². The third-order valence-corrected chi connectivity index (χ3v) is 25.4.